The molecule has 0 spiro atoms. The van der Waals surface area contributed by atoms with E-state index in [9.17, 15) is 13.2 Å². The second-order valence-electron chi connectivity index (χ2n) is 6.48. The maximum absolute atomic E-state index is 11.7. The van der Waals surface area contributed by atoms with Crippen LogP contribution in [-0.4, -0.2) is 60.8 Å². The average molecular weight is 354 g/mol. The largest absolute Gasteiger partial charge is 0.444 e. The molecule has 1 aromatic heterocycles. The van der Waals surface area contributed by atoms with E-state index >= 15 is 0 Å². The van der Waals surface area contributed by atoms with Crippen molar-refractivity contribution in [2.24, 2.45) is 5.92 Å². The lowest BCUT2D eigenvalue weighted by molar-refractivity contribution is 0.150. The Balaban J connectivity index is 1.57. The van der Waals surface area contributed by atoms with Gasteiger partial charge in [0.25, 0.3) is 0 Å². The Bertz CT molecular complexity index is 699. The summed E-state index contributed by atoms with van der Waals surface area (Å²) in [4.78, 5) is 21.9. The Morgan fingerprint density at radius 1 is 1.25 bits per heavy atom. The molecule has 3 rings (SSSR count). The van der Waals surface area contributed by atoms with Gasteiger partial charge in [0.2, 0.25) is 10.0 Å². The zero-order chi connectivity index (χ0) is 17.3. The number of amides is 1. The van der Waals surface area contributed by atoms with Crippen molar-refractivity contribution in [2.75, 3.05) is 30.8 Å². The fraction of sp³-hybridized carbons (Fsp3) is 0.667. The van der Waals surface area contributed by atoms with Crippen LogP contribution in [0.25, 0.3) is 0 Å². The summed E-state index contributed by atoms with van der Waals surface area (Å²) in [5.41, 5.74) is 0.858. The first-order valence-electron chi connectivity index (χ1n) is 8.07. The number of nitrogens with zero attached hydrogens (tertiary/aromatic N) is 4. The number of anilines is 1. The van der Waals surface area contributed by atoms with Crippen LogP contribution in [0.1, 0.15) is 25.5 Å². The highest BCUT2D eigenvalue weighted by molar-refractivity contribution is 7.88. The second-order valence-corrected chi connectivity index (χ2v) is 8.46. The molecule has 1 amide bonds. The molecule has 9 heteroatoms. The van der Waals surface area contributed by atoms with E-state index < -0.39 is 16.1 Å². The van der Waals surface area contributed by atoms with E-state index in [0.717, 1.165) is 25.0 Å². The molecular weight excluding hydrogens is 332 g/mol. The number of piperidine rings is 1. The van der Waals surface area contributed by atoms with Gasteiger partial charge >= 0.3 is 6.09 Å². The molecule has 24 heavy (non-hydrogen) atoms. The minimum Gasteiger partial charge on any atom is -0.444 e. The van der Waals surface area contributed by atoms with E-state index in [1.54, 1.807) is 12.4 Å². The summed E-state index contributed by atoms with van der Waals surface area (Å²) in [6, 6.07) is 0. The highest BCUT2D eigenvalue weighted by Crippen LogP contribution is 2.23. The topological polar surface area (TPSA) is 92.7 Å². The summed E-state index contributed by atoms with van der Waals surface area (Å²) in [5.74, 6) is 0.903. The standard InChI is InChI=1S/C15H22N4O4S/c1-11-10-19(15(20)23-11)14-9-16-13(8-17-14)7-12-3-5-18(6-4-12)24(2,21)22/h8-9,11-12H,3-7,10H2,1-2H3/t11-/m1/s1. The van der Waals surface area contributed by atoms with E-state index in [1.165, 1.54) is 15.5 Å². The van der Waals surface area contributed by atoms with Crippen molar-refractivity contribution < 1.29 is 17.9 Å². The molecule has 1 atom stereocenters. The average Bonchev–Trinajstić information content (AvgIpc) is 2.86. The number of sulfonamides is 1. The third-order valence-electron chi connectivity index (χ3n) is 4.47. The zero-order valence-corrected chi connectivity index (χ0v) is 14.7. The third-order valence-corrected chi connectivity index (χ3v) is 5.77. The Hall–Kier alpha value is -1.74. The van der Waals surface area contributed by atoms with Crippen molar-refractivity contribution >= 4 is 21.9 Å². The van der Waals surface area contributed by atoms with Crippen molar-refractivity contribution in [2.45, 2.75) is 32.3 Å². The van der Waals surface area contributed by atoms with Gasteiger partial charge in [0.05, 0.1) is 30.9 Å². The van der Waals surface area contributed by atoms with Crippen LogP contribution >= 0.6 is 0 Å². The first kappa shape index (κ1) is 17.1. The van der Waals surface area contributed by atoms with Crippen LogP contribution in [0.15, 0.2) is 12.4 Å². The van der Waals surface area contributed by atoms with Crippen LogP contribution in [0.5, 0.6) is 0 Å². The lowest BCUT2D eigenvalue weighted by atomic mass is 9.93. The molecule has 0 bridgehead atoms. The van der Waals surface area contributed by atoms with Crippen molar-refractivity contribution in [3.8, 4) is 0 Å². The molecule has 0 unspecified atom stereocenters. The van der Waals surface area contributed by atoms with Crippen LogP contribution in [0.4, 0.5) is 10.6 Å². The van der Waals surface area contributed by atoms with Crippen molar-refractivity contribution in [3.63, 3.8) is 0 Å². The van der Waals surface area contributed by atoms with Crippen molar-refractivity contribution in [1.82, 2.24) is 14.3 Å². The summed E-state index contributed by atoms with van der Waals surface area (Å²) in [7, 11) is -3.09. The van der Waals surface area contributed by atoms with Crippen LogP contribution in [-0.2, 0) is 21.2 Å². The van der Waals surface area contributed by atoms with Gasteiger partial charge in [0.15, 0.2) is 5.82 Å². The number of hydrogen-bond donors (Lipinski definition) is 0. The zero-order valence-electron chi connectivity index (χ0n) is 13.9. The minimum atomic E-state index is -3.09. The van der Waals surface area contributed by atoms with Gasteiger partial charge < -0.3 is 4.74 Å². The van der Waals surface area contributed by atoms with E-state index in [1.807, 2.05) is 6.92 Å². The number of ether oxygens (including phenoxy) is 1. The molecule has 2 fully saturated rings. The predicted molar refractivity (Wildman–Crippen MR) is 88.2 cm³/mol. The molecule has 2 aliphatic heterocycles. The highest BCUT2D eigenvalue weighted by Gasteiger charge is 2.30. The molecule has 132 valence electrons. The van der Waals surface area contributed by atoms with E-state index in [-0.39, 0.29) is 6.10 Å². The number of aromatic nitrogens is 2. The molecule has 2 aliphatic rings. The summed E-state index contributed by atoms with van der Waals surface area (Å²) >= 11 is 0. The van der Waals surface area contributed by atoms with E-state index in [4.69, 9.17) is 4.74 Å². The number of cyclic esters (lactones) is 1. The first-order chi connectivity index (χ1) is 11.3. The van der Waals surface area contributed by atoms with Crippen molar-refractivity contribution in [3.05, 3.63) is 18.1 Å². The smallest absolute Gasteiger partial charge is 0.415 e. The lowest BCUT2D eigenvalue weighted by Gasteiger charge is -2.29. The lowest BCUT2D eigenvalue weighted by Crippen LogP contribution is -2.38. The highest BCUT2D eigenvalue weighted by atomic mass is 32.2. The van der Waals surface area contributed by atoms with Gasteiger partial charge in [0.1, 0.15) is 6.10 Å². The molecule has 0 N–H and O–H groups in total. The molecule has 0 radical (unpaired) electrons. The second kappa shape index (κ2) is 6.64. The van der Waals surface area contributed by atoms with Gasteiger partial charge in [-0.2, -0.15) is 0 Å². The van der Waals surface area contributed by atoms with Gasteiger partial charge in [0, 0.05) is 13.1 Å². The number of hydrogen-bond acceptors (Lipinski definition) is 6. The number of carbonyl (C=O) groups excluding carboxylic acids is 1. The number of carbonyl (C=O) groups is 1. The maximum atomic E-state index is 11.7. The van der Waals surface area contributed by atoms with Crippen LogP contribution in [0.2, 0.25) is 0 Å². The first-order valence-corrected chi connectivity index (χ1v) is 9.92. The normalized spacial score (nSPS) is 23.5. The quantitative estimate of drug-likeness (QED) is 0.802. The summed E-state index contributed by atoms with van der Waals surface area (Å²) in [6.07, 6.45) is 6.43. The molecule has 8 nitrogen and oxygen atoms in total. The third kappa shape index (κ3) is 3.84. The van der Waals surface area contributed by atoms with Gasteiger partial charge in [-0.05, 0) is 32.1 Å². The Labute approximate surface area is 141 Å². The maximum Gasteiger partial charge on any atom is 0.415 e. The van der Waals surface area contributed by atoms with Crippen LogP contribution in [0, 0.1) is 5.92 Å². The van der Waals surface area contributed by atoms with Gasteiger partial charge in [-0.25, -0.2) is 22.5 Å². The van der Waals surface area contributed by atoms with Crippen LogP contribution < -0.4 is 4.90 Å². The molecule has 3 heterocycles. The Morgan fingerprint density at radius 3 is 2.46 bits per heavy atom. The summed E-state index contributed by atoms with van der Waals surface area (Å²) in [6.45, 7) is 3.44. The van der Waals surface area contributed by atoms with E-state index in [0.29, 0.717) is 31.4 Å². The fourth-order valence-corrected chi connectivity index (χ4v) is 4.00. The van der Waals surface area contributed by atoms with Crippen LogP contribution in [0.3, 0.4) is 0 Å². The van der Waals surface area contributed by atoms with Gasteiger partial charge in [-0.1, -0.05) is 0 Å². The van der Waals surface area contributed by atoms with Gasteiger partial charge in [-0.3, -0.25) is 9.88 Å². The fourth-order valence-electron chi connectivity index (χ4n) is 3.13. The molecule has 1 aromatic rings. The van der Waals surface area contributed by atoms with E-state index in [2.05, 4.69) is 9.97 Å². The molecule has 0 aromatic carbocycles. The summed E-state index contributed by atoms with van der Waals surface area (Å²) in [5, 5.41) is 0. The SMILES string of the molecule is C[C@@H]1CN(c2cnc(CC3CCN(S(C)(=O)=O)CC3)cn2)C(=O)O1. The predicted octanol–water partition coefficient (Wildman–Crippen LogP) is 1.04. The van der Waals surface area contributed by atoms with Crippen molar-refractivity contribution in [1.29, 1.82) is 0 Å². The Morgan fingerprint density at radius 2 is 1.96 bits per heavy atom. The molecular formula is C15H22N4O4S. The molecule has 0 saturated carbocycles. The summed E-state index contributed by atoms with van der Waals surface area (Å²) < 4.78 is 29.7. The number of rotatable bonds is 4. The Kier molecular flexibility index (Phi) is 4.73. The monoisotopic (exact) mass is 354 g/mol. The molecule has 0 aliphatic carbocycles. The molecule has 2 saturated heterocycles. The van der Waals surface area contributed by atoms with Gasteiger partial charge in [-0.15, -0.1) is 0 Å². The minimum absolute atomic E-state index is 0.140.